The summed E-state index contributed by atoms with van der Waals surface area (Å²) in [5.41, 5.74) is 1.29. The zero-order chi connectivity index (χ0) is 16.2. The molecule has 3 N–H and O–H groups in total. The maximum atomic E-state index is 12.4. The number of carbonyl (C=O) groups excluding carboxylic acids is 1. The molecule has 0 aliphatic carbocycles. The van der Waals surface area contributed by atoms with Gasteiger partial charge in [0.25, 0.3) is 5.91 Å². The lowest BCUT2D eigenvalue weighted by atomic mass is 10.1. The summed E-state index contributed by atoms with van der Waals surface area (Å²) >= 11 is 0. The second kappa shape index (κ2) is 6.46. The molecule has 116 valence electrons. The molecular formula is C18H16N2O3. The SMILES string of the molecule is O=C(NC[C@@H](O)c1ccccc1)c1cc(=O)[nH]c2ccccc12. The summed E-state index contributed by atoms with van der Waals surface area (Å²) in [6.45, 7) is 0.0734. The topological polar surface area (TPSA) is 82.2 Å². The van der Waals surface area contributed by atoms with Crippen molar-refractivity contribution in [2.75, 3.05) is 6.54 Å². The first-order chi connectivity index (χ1) is 11.1. The summed E-state index contributed by atoms with van der Waals surface area (Å²) in [5.74, 6) is -0.387. The summed E-state index contributed by atoms with van der Waals surface area (Å²) in [7, 11) is 0. The van der Waals surface area contributed by atoms with Crippen LogP contribution in [0.5, 0.6) is 0 Å². The number of aromatic nitrogens is 1. The van der Waals surface area contributed by atoms with Gasteiger partial charge in [-0.25, -0.2) is 0 Å². The standard InChI is InChI=1S/C18H16N2O3/c21-16(12-6-2-1-3-7-12)11-19-18(23)14-10-17(22)20-15-9-5-4-8-13(14)15/h1-10,16,21H,11H2,(H,19,23)(H,20,22)/t16-/m1/s1. The Morgan fingerprint density at radius 2 is 1.78 bits per heavy atom. The lowest BCUT2D eigenvalue weighted by molar-refractivity contribution is 0.0918. The van der Waals surface area contributed by atoms with Crippen molar-refractivity contribution < 1.29 is 9.90 Å². The van der Waals surface area contributed by atoms with E-state index < -0.39 is 6.10 Å². The Morgan fingerprint density at radius 1 is 1.09 bits per heavy atom. The number of amides is 1. The molecule has 23 heavy (non-hydrogen) atoms. The Hall–Kier alpha value is -2.92. The fourth-order valence-electron chi connectivity index (χ4n) is 2.47. The van der Waals surface area contributed by atoms with E-state index in [0.717, 1.165) is 5.56 Å². The van der Waals surface area contributed by atoms with E-state index in [1.807, 2.05) is 18.2 Å². The van der Waals surface area contributed by atoms with E-state index in [-0.39, 0.29) is 18.0 Å². The summed E-state index contributed by atoms with van der Waals surface area (Å²) in [6, 6.07) is 17.5. The third-order valence-corrected chi connectivity index (χ3v) is 3.64. The first kappa shape index (κ1) is 15.0. The number of fused-ring (bicyclic) bond motifs is 1. The van der Waals surface area contributed by atoms with Gasteiger partial charge in [0.1, 0.15) is 0 Å². The fraction of sp³-hybridized carbons (Fsp3) is 0.111. The normalized spacial score (nSPS) is 12.0. The number of H-pyrrole nitrogens is 1. The average Bonchev–Trinajstić information content (AvgIpc) is 2.59. The number of pyridine rings is 1. The lowest BCUT2D eigenvalue weighted by Crippen LogP contribution is -2.29. The number of benzene rings is 2. The van der Waals surface area contributed by atoms with Crippen LogP contribution in [0.2, 0.25) is 0 Å². The van der Waals surface area contributed by atoms with E-state index in [2.05, 4.69) is 10.3 Å². The first-order valence-corrected chi connectivity index (χ1v) is 7.28. The number of hydrogen-bond acceptors (Lipinski definition) is 3. The molecule has 0 aliphatic rings. The molecular weight excluding hydrogens is 292 g/mol. The maximum absolute atomic E-state index is 12.4. The quantitative estimate of drug-likeness (QED) is 0.689. The van der Waals surface area contributed by atoms with Crippen molar-refractivity contribution in [3.05, 3.63) is 82.1 Å². The van der Waals surface area contributed by atoms with Crippen molar-refractivity contribution in [3.8, 4) is 0 Å². The Labute approximate surface area is 132 Å². The number of nitrogens with one attached hydrogen (secondary N) is 2. The summed E-state index contributed by atoms with van der Waals surface area (Å²) < 4.78 is 0. The highest BCUT2D eigenvalue weighted by Crippen LogP contribution is 2.15. The van der Waals surface area contributed by atoms with Crippen molar-refractivity contribution in [3.63, 3.8) is 0 Å². The van der Waals surface area contributed by atoms with Crippen molar-refractivity contribution in [2.45, 2.75) is 6.10 Å². The molecule has 3 aromatic rings. The molecule has 2 aromatic carbocycles. The minimum Gasteiger partial charge on any atom is -0.387 e. The van der Waals surface area contributed by atoms with Crippen LogP contribution in [0.4, 0.5) is 0 Å². The third kappa shape index (κ3) is 3.30. The third-order valence-electron chi connectivity index (χ3n) is 3.64. The molecule has 5 nitrogen and oxygen atoms in total. The zero-order valence-electron chi connectivity index (χ0n) is 12.3. The Morgan fingerprint density at radius 3 is 2.57 bits per heavy atom. The van der Waals surface area contributed by atoms with Gasteiger partial charge in [0.2, 0.25) is 5.56 Å². The van der Waals surface area contributed by atoms with Crippen LogP contribution in [0.15, 0.2) is 65.5 Å². The van der Waals surface area contributed by atoms with Crippen molar-refractivity contribution in [2.24, 2.45) is 0 Å². The predicted octanol–water partition coefficient (Wildman–Crippen LogP) is 1.99. The smallest absolute Gasteiger partial charge is 0.252 e. The number of aliphatic hydroxyl groups excluding tert-OH is 1. The number of aliphatic hydroxyl groups is 1. The van der Waals surface area contributed by atoms with Crippen LogP contribution in [0.1, 0.15) is 22.0 Å². The zero-order valence-corrected chi connectivity index (χ0v) is 12.3. The van der Waals surface area contributed by atoms with Crippen LogP contribution in [0.3, 0.4) is 0 Å². The molecule has 0 saturated heterocycles. The van der Waals surface area contributed by atoms with Crippen molar-refractivity contribution >= 4 is 16.8 Å². The van der Waals surface area contributed by atoms with Crippen LogP contribution >= 0.6 is 0 Å². The summed E-state index contributed by atoms with van der Waals surface area (Å²) in [5, 5.41) is 13.4. The minimum atomic E-state index is -0.798. The molecule has 0 fully saturated rings. The molecule has 0 radical (unpaired) electrons. The van der Waals surface area contributed by atoms with E-state index in [0.29, 0.717) is 16.5 Å². The van der Waals surface area contributed by atoms with Crippen LogP contribution in [-0.2, 0) is 0 Å². The molecule has 3 rings (SSSR count). The second-order valence-corrected chi connectivity index (χ2v) is 5.23. The highest BCUT2D eigenvalue weighted by Gasteiger charge is 2.14. The summed E-state index contributed by atoms with van der Waals surface area (Å²) in [4.78, 5) is 26.7. The van der Waals surface area contributed by atoms with Gasteiger partial charge in [-0.1, -0.05) is 48.5 Å². The molecule has 0 unspecified atom stereocenters. The van der Waals surface area contributed by atoms with Gasteiger partial charge in [0.15, 0.2) is 0 Å². The first-order valence-electron chi connectivity index (χ1n) is 7.28. The second-order valence-electron chi connectivity index (χ2n) is 5.23. The minimum absolute atomic E-state index is 0.0734. The van der Waals surface area contributed by atoms with Crippen LogP contribution < -0.4 is 10.9 Å². The van der Waals surface area contributed by atoms with Gasteiger partial charge in [-0.05, 0) is 11.6 Å². The number of carbonyl (C=O) groups is 1. The van der Waals surface area contributed by atoms with Gasteiger partial charge in [-0.2, -0.15) is 0 Å². The molecule has 0 bridgehead atoms. The summed E-state index contributed by atoms with van der Waals surface area (Å²) in [6.07, 6.45) is -0.798. The van der Waals surface area contributed by atoms with E-state index in [4.69, 9.17) is 0 Å². The van der Waals surface area contributed by atoms with Gasteiger partial charge in [-0.3, -0.25) is 9.59 Å². The van der Waals surface area contributed by atoms with Crippen molar-refractivity contribution in [1.29, 1.82) is 0 Å². The lowest BCUT2D eigenvalue weighted by Gasteiger charge is -2.13. The Balaban J connectivity index is 1.80. The highest BCUT2D eigenvalue weighted by molar-refractivity contribution is 6.05. The average molecular weight is 308 g/mol. The van der Waals surface area contributed by atoms with Gasteiger partial charge in [0, 0.05) is 23.5 Å². The monoisotopic (exact) mass is 308 g/mol. The number of rotatable bonds is 4. The van der Waals surface area contributed by atoms with E-state index >= 15 is 0 Å². The molecule has 5 heteroatoms. The predicted molar refractivity (Wildman–Crippen MR) is 88.3 cm³/mol. The number of hydrogen-bond donors (Lipinski definition) is 3. The Kier molecular flexibility index (Phi) is 4.21. The molecule has 1 atom stereocenters. The molecule has 0 spiro atoms. The fourth-order valence-corrected chi connectivity index (χ4v) is 2.47. The van der Waals surface area contributed by atoms with E-state index in [9.17, 15) is 14.7 Å². The van der Waals surface area contributed by atoms with Gasteiger partial charge in [-0.15, -0.1) is 0 Å². The van der Waals surface area contributed by atoms with Crippen LogP contribution in [-0.4, -0.2) is 22.5 Å². The van der Waals surface area contributed by atoms with Crippen LogP contribution in [0, 0.1) is 0 Å². The number of aromatic amines is 1. The van der Waals surface area contributed by atoms with Gasteiger partial charge in [0.05, 0.1) is 11.7 Å². The molecule has 0 saturated carbocycles. The molecule has 0 aliphatic heterocycles. The van der Waals surface area contributed by atoms with Crippen molar-refractivity contribution in [1.82, 2.24) is 10.3 Å². The van der Waals surface area contributed by atoms with Gasteiger partial charge >= 0.3 is 0 Å². The molecule has 1 amide bonds. The van der Waals surface area contributed by atoms with Gasteiger partial charge < -0.3 is 15.4 Å². The maximum Gasteiger partial charge on any atom is 0.252 e. The largest absolute Gasteiger partial charge is 0.387 e. The van der Waals surface area contributed by atoms with E-state index in [1.165, 1.54) is 6.07 Å². The Bertz CT molecular complexity index is 887. The molecule has 1 heterocycles. The highest BCUT2D eigenvalue weighted by atomic mass is 16.3. The van der Waals surface area contributed by atoms with E-state index in [1.54, 1.807) is 36.4 Å². The molecule has 1 aromatic heterocycles. The van der Waals surface area contributed by atoms with Crippen LogP contribution in [0.25, 0.3) is 10.9 Å². The number of para-hydroxylation sites is 1.